The van der Waals surface area contributed by atoms with Gasteiger partial charge in [-0.25, -0.2) is 13.1 Å². The van der Waals surface area contributed by atoms with E-state index in [9.17, 15) is 18.3 Å². The van der Waals surface area contributed by atoms with Gasteiger partial charge in [-0.2, -0.15) is 0 Å². The molecule has 1 atom stereocenters. The molecule has 1 unspecified atom stereocenters. The molecule has 1 heterocycles. The summed E-state index contributed by atoms with van der Waals surface area (Å²) in [5.41, 5.74) is 1.05. The number of nitrogens with one attached hydrogen (secondary N) is 2. The predicted molar refractivity (Wildman–Crippen MR) is 97.4 cm³/mol. The molecule has 2 aromatic rings. The lowest BCUT2D eigenvalue weighted by Crippen LogP contribution is -2.28. The van der Waals surface area contributed by atoms with E-state index >= 15 is 0 Å². The van der Waals surface area contributed by atoms with E-state index in [2.05, 4.69) is 10.0 Å². The minimum absolute atomic E-state index is 0.0661. The van der Waals surface area contributed by atoms with Crippen LogP contribution in [0, 0.1) is 0 Å². The standard InChI is InChI=1S/C16H14Cl2N2O5S/c1-8(9-2-3-13-12(4-9)19-15(21)7-25-13)20-26(23,24)14-6-10(17)5-11(18)16(14)22/h2-6,8,20,22H,7H2,1H3,(H,19,21). The van der Waals surface area contributed by atoms with Crippen LogP contribution >= 0.6 is 23.2 Å². The lowest BCUT2D eigenvalue weighted by Gasteiger charge is -2.21. The maximum absolute atomic E-state index is 12.6. The first-order valence-electron chi connectivity index (χ1n) is 7.44. The second-order valence-electron chi connectivity index (χ2n) is 5.67. The molecule has 0 bridgehead atoms. The van der Waals surface area contributed by atoms with Gasteiger partial charge in [-0.15, -0.1) is 0 Å². The van der Waals surface area contributed by atoms with Crippen molar-refractivity contribution in [2.24, 2.45) is 0 Å². The summed E-state index contributed by atoms with van der Waals surface area (Å²) in [5, 5.41) is 12.5. The molecule has 1 aliphatic heterocycles. The molecule has 3 rings (SSSR count). The highest BCUT2D eigenvalue weighted by Gasteiger charge is 2.25. The number of anilines is 1. The summed E-state index contributed by atoms with van der Waals surface area (Å²) in [5.74, 6) is -0.370. The summed E-state index contributed by atoms with van der Waals surface area (Å²) in [4.78, 5) is 11.0. The molecule has 3 N–H and O–H groups in total. The monoisotopic (exact) mass is 416 g/mol. The highest BCUT2D eigenvalue weighted by molar-refractivity contribution is 7.89. The zero-order chi connectivity index (χ0) is 19.1. The third-order valence-electron chi connectivity index (χ3n) is 3.75. The van der Waals surface area contributed by atoms with E-state index < -0.39 is 26.7 Å². The molecule has 26 heavy (non-hydrogen) atoms. The van der Waals surface area contributed by atoms with Gasteiger partial charge in [0.05, 0.1) is 10.7 Å². The van der Waals surface area contributed by atoms with Crippen molar-refractivity contribution in [3.8, 4) is 11.5 Å². The average Bonchev–Trinajstić information content (AvgIpc) is 2.56. The first-order valence-corrected chi connectivity index (χ1v) is 9.68. The van der Waals surface area contributed by atoms with Crippen LogP contribution < -0.4 is 14.8 Å². The maximum Gasteiger partial charge on any atom is 0.262 e. The molecule has 0 saturated carbocycles. The molecular formula is C16H14Cl2N2O5S. The van der Waals surface area contributed by atoms with Gasteiger partial charge in [-0.05, 0) is 36.8 Å². The number of phenolic OH excluding ortho intramolecular Hbond substituents is 1. The Kier molecular flexibility index (Phi) is 5.03. The van der Waals surface area contributed by atoms with E-state index in [0.717, 1.165) is 6.07 Å². The molecule has 138 valence electrons. The summed E-state index contributed by atoms with van der Waals surface area (Å²) < 4.78 is 32.9. The predicted octanol–water partition coefficient (Wildman–Crippen LogP) is 3.07. The number of aromatic hydroxyl groups is 1. The molecule has 10 heteroatoms. The number of hydrogen-bond donors (Lipinski definition) is 3. The molecule has 0 aromatic heterocycles. The Morgan fingerprint density at radius 3 is 2.73 bits per heavy atom. The van der Waals surface area contributed by atoms with Gasteiger partial charge >= 0.3 is 0 Å². The zero-order valence-electron chi connectivity index (χ0n) is 13.4. The van der Waals surface area contributed by atoms with E-state index in [1.165, 1.54) is 6.07 Å². The number of carbonyl (C=O) groups is 1. The maximum atomic E-state index is 12.6. The summed E-state index contributed by atoms with van der Waals surface area (Å²) in [6, 6.07) is 6.62. The Bertz CT molecular complexity index is 994. The molecule has 1 amide bonds. The number of fused-ring (bicyclic) bond motifs is 1. The van der Waals surface area contributed by atoms with Crippen LogP contribution in [-0.2, 0) is 14.8 Å². The van der Waals surface area contributed by atoms with E-state index in [0.29, 0.717) is 17.0 Å². The van der Waals surface area contributed by atoms with Gasteiger partial charge < -0.3 is 15.2 Å². The molecule has 0 fully saturated rings. The van der Waals surface area contributed by atoms with Crippen LogP contribution in [0.15, 0.2) is 35.2 Å². The van der Waals surface area contributed by atoms with Gasteiger partial charge in [-0.3, -0.25) is 4.79 Å². The van der Waals surface area contributed by atoms with Crippen LogP contribution in [0.5, 0.6) is 11.5 Å². The van der Waals surface area contributed by atoms with E-state index in [1.54, 1.807) is 25.1 Å². The molecule has 0 spiro atoms. The summed E-state index contributed by atoms with van der Waals surface area (Å²) in [6.07, 6.45) is 0. The number of amides is 1. The van der Waals surface area contributed by atoms with Gasteiger partial charge in [0.25, 0.3) is 5.91 Å². The second kappa shape index (κ2) is 6.96. The number of carbonyl (C=O) groups excluding carboxylic acids is 1. The number of ether oxygens (including phenoxy) is 1. The molecule has 2 aromatic carbocycles. The summed E-state index contributed by atoms with van der Waals surface area (Å²) in [6.45, 7) is 1.55. The fourth-order valence-corrected chi connectivity index (χ4v) is 4.47. The lowest BCUT2D eigenvalue weighted by molar-refractivity contribution is -0.118. The van der Waals surface area contributed by atoms with E-state index in [-0.39, 0.29) is 22.6 Å². The fraction of sp³-hybridized carbons (Fsp3) is 0.188. The fourth-order valence-electron chi connectivity index (χ4n) is 2.48. The van der Waals surface area contributed by atoms with Gasteiger partial charge in [0.2, 0.25) is 10.0 Å². The Hall–Kier alpha value is -2.00. The Morgan fingerprint density at radius 1 is 1.27 bits per heavy atom. The number of halogens is 2. The SMILES string of the molecule is CC(NS(=O)(=O)c1cc(Cl)cc(Cl)c1O)c1ccc2c(c1)NC(=O)CO2. The van der Waals surface area contributed by atoms with Crippen molar-refractivity contribution in [3.05, 3.63) is 45.9 Å². The van der Waals surface area contributed by atoms with Crippen LogP contribution in [0.3, 0.4) is 0 Å². The largest absolute Gasteiger partial charge is 0.505 e. The first kappa shape index (κ1) is 18.8. The topological polar surface area (TPSA) is 105 Å². The molecule has 0 radical (unpaired) electrons. The minimum Gasteiger partial charge on any atom is -0.505 e. The van der Waals surface area contributed by atoms with Crippen molar-refractivity contribution in [2.75, 3.05) is 11.9 Å². The van der Waals surface area contributed by atoms with E-state index in [4.69, 9.17) is 27.9 Å². The summed E-state index contributed by atoms with van der Waals surface area (Å²) in [7, 11) is -4.10. The first-order chi connectivity index (χ1) is 12.2. The van der Waals surface area contributed by atoms with Crippen molar-refractivity contribution >= 4 is 44.8 Å². The normalized spacial score (nSPS) is 15.0. The molecule has 7 nitrogen and oxygen atoms in total. The van der Waals surface area contributed by atoms with Gasteiger partial charge in [0, 0.05) is 11.1 Å². The van der Waals surface area contributed by atoms with Gasteiger partial charge in [-0.1, -0.05) is 29.3 Å². The Labute approximate surface area is 159 Å². The quantitative estimate of drug-likeness (QED) is 0.709. The van der Waals surface area contributed by atoms with Gasteiger partial charge in [0.1, 0.15) is 10.6 Å². The number of phenols is 1. The highest BCUT2D eigenvalue weighted by Crippen LogP contribution is 2.35. The zero-order valence-corrected chi connectivity index (χ0v) is 15.7. The third-order valence-corrected chi connectivity index (χ3v) is 5.81. The number of sulfonamides is 1. The minimum atomic E-state index is -4.10. The van der Waals surface area contributed by atoms with Crippen molar-refractivity contribution in [1.29, 1.82) is 0 Å². The smallest absolute Gasteiger partial charge is 0.262 e. The van der Waals surface area contributed by atoms with Crippen molar-refractivity contribution in [2.45, 2.75) is 17.9 Å². The Balaban J connectivity index is 1.89. The molecule has 0 aliphatic carbocycles. The highest BCUT2D eigenvalue weighted by atomic mass is 35.5. The van der Waals surface area contributed by atoms with Crippen molar-refractivity contribution in [3.63, 3.8) is 0 Å². The lowest BCUT2D eigenvalue weighted by atomic mass is 10.1. The number of rotatable bonds is 4. The van der Waals surface area contributed by atoms with Crippen LogP contribution in [0.4, 0.5) is 5.69 Å². The molecule has 1 aliphatic rings. The molecule has 0 saturated heterocycles. The van der Waals surface area contributed by atoms with Crippen LogP contribution in [0.2, 0.25) is 10.0 Å². The van der Waals surface area contributed by atoms with Crippen molar-refractivity contribution < 1.29 is 23.1 Å². The number of benzene rings is 2. The van der Waals surface area contributed by atoms with Crippen LogP contribution in [0.25, 0.3) is 0 Å². The summed E-state index contributed by atoms with van der Waals surface area (Å²) >= 11 is 11.6. The second-order valence-corrected chi connectivity index (χ2v) is 8.20. The molecular weight excluding hydrogens is 403 g/mol. The average molecular weight is 417 g/mol. The van der Waals surface area contributed by atoms with Crippen LogP contribution in [-0.4, -0.2) is 26.0 Å². The number of hydrogen-bond acceptors (Lipinski definition) is 5. The van der Waals surface area contributed by atoms with Crippen molar-refractivity contribution in [1.82, 2.24) is 4.72 Å². The third kappa shape index (κ3) is 3.73. The van der Waals surface area contributed by atoms with E-state index in [1.807, 2.05) is 0 Å². The van der Waals surface area contributed by atoms with Gasteiger partial charge in [0.15, 0.2) is 12.4 Å². The van der Waals surface area contributed by atoms with Crippen LogP contribution in [0.1, 0.15) is 18.5 Å². The Morgan fingerprint density at radius 2 is 2.00 bits per heavy atom.